The molecule has 1 atom stereocenters. The van der Waals surface area contributed by atoms with Gasteiger partial charge in [-0.3, -0.25) is 4.79 Å². The van der Waals surface area contributed by atoms with Gasteiger partial charge in [-0.25, -0.2) is 0 Å². The average molecular weight is 458 g/mol. The SMILES string of the molecule is CCCC(NCc1cc(Br)c(OCC(N)=O)c(OC)c1)c1ccccc1.Cl. The smallest absolute Gasteiger partial charge is 0.255 e. The Bertz CT molecular complexity index is 729. The highest BCUT2D eigenvalue weighted by Gasteiger charge is 2.14. The van der Waals surface area contributed by atoms with Crippen LogP contribution in [-0.2, 0) is 11.3 Å². The zero-order chi connectivity index (χ0) is 18.9. The Morgan fingerprint density at radius 3 is 2.56 bits per heavy atom. The summed E-state index contributed by atoms with van der Waals surface area (Å²) >= 11 is 3.49. The van der Waals surface area contributed by atoms with Crippen LogP contribution in [-0.4, -0.2) is 19.6 Å². The maximum Gasteiger partial charge on any atom is 0.255 e. The van der Waals surface area contributed by atoms with Crippen LogP contribution in [0.5, 0.6) is 11.5 Å². The fourth-order valence-electron chi connectivity index (χ4n) is 2.76. The van der Waals surface area contributed by atoms with E-state index in [0.717, 1.165) is 22.9 Å². The van der Waals surface area contributed by atoms with Crippen LogP contribution in [0.3, 0.4) is 0 Å². The number of carbonyl (C=O) groups is 1. The van der Waals surface area contributed by atoms with Crippen molar-refractivity contribution in [3.05, 3.63) is 58.1 Å². The van der Waals surface area contributed by atoms with Crippen molar-refractivity contribution in [1.29, 1.82) is 0 Å². The minimum atomic E-state index is -0.532. The van der Waals surface area contributed by atoms with Gasteiger partial charge in [0, 0.05) is 12.6 Å². The highest BCUT2D eigenvalue weighted by atomic mass is 79.9. The molecule has 0 saturated heterocycles. The number of benzene rings is 2. The maximum absolute atomic E-state index is 11.0. The second-order valence-electron chi connectivity index (χ2n) is 6.00. The monoisotopic (exact) mass is 456 g/mol. The van der Waals surface area contributed by atoms with Gasteiger partial charge in [-0.2, -0.15) is 0 Å². The van der Waals surface area contributed by atoms with Crippen LogP contribution in [0.25, 0.3) is 0 Å². The lowest BCUT2D eigenvalue weighted by atomic mass is 10.0. The lowest BCUT2D eigenvalue weighted by molar-refractivity contribution is -0.119. The summed E-state index contributed by atoms with van der Waals surface area (Å²) in [4.78, 5) is 11.0. The summed E-state index contributed by atoms with van der Waals surface area (Å²) in [5.74, 6) is 0.502. The summed E-state index contributed by atoms with van der Waals surface area (Å²) in [6.07, 6.45) is 2.15. The molecule has 0 aliphatic rings. The number of halogens is 2. The Labute approximate surface area is 175 Å². The lowest BCUT2D eigenvalue weighted by Crippen LogP contribution is -2.21. The molecule has 1 amide bonds. The molecule has 0 heterocycles. The molecule has 2 aromatic carbocycles. The van der Waals surface area contributed by atoms with E-state index < -0.39 is 5.91 Å². The van der Waals surface area contributed by atoms with Crippen molar-refractivity contribution >= 4 is 34.2 Å². The molecule has 27 heavy (non-hydrogen) atoms. The number of rotatable bonds is 10. The van der Waals surface area contributed by atoms with Crippen LogP contribution in [0.2, 0.25) is 0 Å². The van der Waals surface area contributed by atoms with E-state index in [-0.39, 0.29) is 25.1 Å². The fourth-order valence-corrected chi connectivity index (χ4v) is 3.36. The van der Waals surface area contributed by atoms with Crippen LogP contribution in [0, 0.1) is 0 Å². The van der Waals surface area contributed by atoms with Gasteiger partial charge in [-0.05, 0) is 45.6 Å². The predicted molar refractivity (Wildman–Crippen MR) is 114 cm³/mol. The van der Waals surface area contributed by atoms with Crippen LogP contribution in [0.1, 0.15) is 36.9 Å². The molecule has 5 nitrogen and oxygen atoms in total. The van der Waals surface area contributed by atoms with Gasteiger partial charge in [0.25, 0.3) is 5.91 Å². The van der Waals surface area contributed by atoms with Gasteiger partial charge in [-0.1, -0.05) is 43.7 Å². The molecule has 0 bridgehead atoms. The molecule has 0 aliphatic heterocycles. The van der Waals surface area contributed by atoms with E-state index in [4.69, 9.17) is 15.2 Å². The second-order valence-corrected chi connectivity index (χ2v) is 6.85. The van der Waals surface area contributed by atoms with Crippen molar-refractivity contribution in [1.82, 2.24) is 5.32 Å². The van der Waals surface area contributed by atoms with Gasteiger partial charge in [0.1, 0.15) is 0 Å². The zero-order valence-corrected chi connectivity index (χ0v) is 17.9. The van der Waals surface area contributed by atoms with Crippen molar-refractivity contribution in [3.63, 3.8) is 0 Å². The summed E-state index contributed by atoms with van der Waals surface area (Å²) in [6, 6.07) is 14.6. The van der Waals surface area contributed by atoms with E-state index in [1.807, 2.05) is 18.2 Å². The maximum atomic E-state index is 11.0. The molecule has 0 spiro atoms. The molecule has 2 aromatic rings. The van der Waals surface area contributed by atoms with Crippen LogP contribution < -0.4 is 20.5 Å². The third-order valence-corrected chi connectivity index (χ3v) is 4.57. The first-order chi connectivity index (χ1) is 12.5. The molecule has 1 unspecified atom stereocenters. The Balaban J connectivity index is 0.00000364. The fraction of sp³-hybridized carbons (Fsp3) is 0.350. The third kappa shape index (κ3) is 7.05. The second kappa shape index (κ2) is 11.8. The highest BCUT2D eigenvalue weighted by molar-refractivity contribution is 9.10. The van der Waals surface area contributed by atoms with Gasteiger partial charge in [0.05, 0.1) is 11.6 Å². The number of hydrogen-bond donors (Lipinski definition) is 2. The molecular formula is C20H26BrClN2O3. The molecule has 2 rings (SSSR count). The minimum Gasteiger partial charge on any atom is -0.493 e. The highest BCUT2D eigenvalue weighted by Crippen LogP contribution is 2.36. The van der Waals surface area contributed by atoms with Crippen molar-refractivity contribution in [2.45, 2.75) is 32.4 Å². The molecular weight excluding hydrogens is 432 g/mol. The van der Waals surface area contributed by atoms with Gasteiger partial charge in [-0.15, -0.1) is 12.4 Å². The molecule has 0 aliphatic carbocycles. The number of carbonyl (C=O) groups excluding carboxylic acids is 1. The Hall–Kier alpha value is -1.76. The normalized spacial score (nSPS) is 11.4. The van der Waals surface area contributed by atoms with Crippen molar-refractivity contribution in [2.75, 3.05) is 13.7 Å². The van der Waals surface area contributed by atoms with Crippen LogP contribution in [0.15, 0.2) is 46.9 Å². The number of amides is 1. The number of methoxy groups -OCH3 is 1. The number of nitrogens with two attached hydrogens (primary N) is 1. The topological polar surface area (TPSA) is 73.6 Å². The van der Waals surface area contributed by atoms with Crippen molar-refractivity contribution in [3.8, 4) is 11.5 Å². The first-order valence-electron chi connectivity index (χ1n) is 8.61. The molecule has 0 radical (unpaired) electrons. The Morgan fingerprint density at radius 2 is 1.96 bits per heavy atom. The summed E-state index contributed by atoms with van der Waals surface area (Å²) in [7, 11) is 1.57. The summed E-state index contributed by atoms with van der Waals surface area (Å²) in [5, 5.41) is 3.61. The summed E-state index contributed by atoms with van der Waals surface area (Å²) in [6.45, 7) is 2.67. The predicted octanol–water partition coefficient (Wildman–Crippen LogP) is 4.37. The lowest BCUT2D eigenvalue weighted by Gasteiger charge is -2.20. The largest absolute Gasteiger partial charge is 0.493 e. The first kappa shape index (κ1) is 23.3. The summed E-state index contributed by atoms with van der Waals surface area (Å²) < 4.78 is 11.6. The van der Waals surface area contributed by atoms with Gasteiger partial charge in [0.15, 0.2) is 18.1 Å². The molecule has 0 aromatic heterocycles. The number of nitrogens with one attached hydrogen (secondary N) is 1. The summed E-state index contributed by atoms with van der Waals surface area (Å²) in [5.41, 5.74) is 7.48. The Morgan fingerprint density at radius 1 is 1.26 bits per heavy atom. The number of hydrogen-bond acceptors (Lipinski definition) is 4. The first-order valence-corrected chi connectivity index (χ1v) is 9.40. The quantitative estimate of drug-likeness (QED) is 0.555. The standard InChI is InChI=1S/C20H25BrN2O3.ClH/c1-3-7-17(15-8-5-4-6-9-15)23-12-14-10-16(21)20(18(11-14)25-2)26-13-19(22)24;/h4-6,8-11,17,23H,3,7,12-13H2,1-2H3,(H2,22,24);1H. The van der Waals surface area contributed by atoms with Crippen molar-refractivity contribution < 1.29 is 14.3 Å². The van der Waals surface area contributed by atoms with Gasteiger partial charge in [0.2, 0.25) is 0 Å². The van der Waals surface area contributed by atoms with E-state index in [9.17, 15) is 4.79 Å². The average Bonchev–Trinajstić information content (AvgIpc) is 2.64. The van der Waals surface area contributed by atoms with E-state index in [0.29, 0.717) is 18.0 Å². The van der Waals surface area contributed by atoms with E-state index in [1.54, 1.807) is 7.11 Å². The van der Waals surface area contributed by atoms with E-state index in [1.165, 1.54) is 5.56 Å². The van der Waals surface area contributed by atoms with E-state index >= 15 is 0 Å². The van der Waals surface area contributed by atoms with Crippen LogP contribution in [0.4, 0.5) is 0 Å². The molecule has 7 heteroatoms. The number of primary amides is 1. The third-order valence-electron chi connectivity index (χ3n) is 3.98. The van der Waals surface area contributed by atoms with Crippen molar-refractivity contribution in [2.24, 2.45) is 5.73 Å². The molecule has 3 N–H and O–H groups in total. The van der Waals surface area contributed by atoms with Gasteiger partial charge >= 0.3 is 0 Å². The Kier molecular flexibility index (Phi) is 10.2. The molecule has 0 fully saturated rings. The van der Waals surface area contributed by atoms with Gasteiger partial charge < -0.3 is 20.5 Å². The van der Waals surface area contributed by atoms with E-state index in [2.05, 4.69) is 52.4 Å². The molecule has 148 valence electrons. The minimum absolute atomic E-state index is 0. The molecule has 0 saturated carbocycles. The number of ether oxygens (including phenoxy) is 2. The zero-order valence-electron chi connectivity index (χ0n) is 15.5. The van der Waals surface area contributed by atoms with Crippen LogP contribution >= 0.6 is 28.3 Å².